The largest absolute Gasteiger partial charge is 0.459 e. The summed E-state index contributed by atoms with van der Waals surface area (Å²) in [5.74, 6) is 1.91. The second kappa shape index (κ2) is 15.0. The summed E-state index contributed by atoms with van der Waals surface area (Å²) in [7, 11) is 0. The van der Waals surface area contributed by atoms with E-state index < -0.39 is 5.41 Å². The van der Waals surface area contributed by atoms with Crippen molar-refractivity contribution in [2.75, 3.05) is 0 Å². The number of fused-ring (bicyclic) bond motifs is 7. The minimum Gasteiger partial charge on any atom is -0.459 e. The van der Waals surface area contributed by atoms with E-state index in [1.54, 1.807) is 27.7 Å². The Hall–Kier alpha value is -5.13. The van der Waals surface area contributed by atoms with Gasteiger partial charge in [0.05, 0.1) is 53.0 Å². The highest BCUT2D eigenvalue weighted by Crippen LogP contribution is 2.77. The lowest BCUT2D eigenvalue weighted by Gasteiger charge is -2.72. The van der Waals surface area contributed by atoms with E-state index in [1.165, 1.54) is 24.8 Å². The second-order valence-electron chi connectivity index (χ2n) is 20.6. The summed E-state index contributed by atoms with van der Waals surface area (Å²) >= 11 is 0. The molecule has 0 aliphatic heterocycles. The Morgan fingerprint density at radius 3 is 2.00 bits per heavy atom. The van der Waals surface area contributed by atoms with Gasteiger partial charge in [0, 0.05) is 0 Å². The van der Waals surface area contributed by atoms with E-state index in [2.05, 4.69) is 80.9 Å². The number of allylic oxidation sites excluding steroid dienone is 1. The average molecular weight is 821 g/mol. The summed E-state index contributed by atoms with van der Waals surface area (Å²) in [6.07, 6.45) is 14.2. The van der Waals surface area contributed by atoms with Gasteiger partial charge in [0.15, 0.2) is 0 Å². The van der Waals surface area contributed by atoms with Crippen molar-refractivity contribution in [2.45, 2.75) is 125 Å². The van der Waals surface area contributed by atoms with Crippen LogP contribution in [0, 0.1) is 79.3 Å². The molecule has 4 aromatic rings. The Kier molecular flexibility index (Phi) is 10.2. The first-order chi connectivity index (χ1) is 29.2. The zero-order valence-electron chi connectivity index (χ0n) is 36.7. The monoisotopic (exact) mass is 820 g/mol. The number of aromatic nitrogens is 6. The first-order valence-electron chi connectivity index (χ1n) is 22.5. The molecule has 0 spiro atoms. The summed E-state index contributed by atoms with van der Waals surface area (Å²) in [4.78, 5) is 14.7. The molecule has 11 heteroatoms. The molecule has 0 radical (unpaired) electrons. The molecular formula is C50H60N8O3. The third-order valence-corrected chi connectivity index (χ3v) is 17.8. The van der Waals surface area contributed by atoms with E-state index in [1.807, 2.05) is 42.6 Å². The molecule has 318 valence electrons. The highest BCUT2D eigenvalue weighted by Gasteiger charge is 2.72. The normalized spacial score (nSPS) is 34.8. The van der Waals surface area contributed by atoms with Crippen molar-refractivity contribution < 1.29 is 14.3 Å². The van der Waals surface area contributed by atoms with Crippen LogP contribution in [0.4, 0.5) is 0 Å². The van der Waals surface area contributed by atoms with Gasteiger partial charge in [-0.1, -0.05) is 81.5 Å². The summed E-state index contributed by atoms with van der Waals surface area (Å²) in [5.41, 5.74) is 4.80. The number of hydrogen-bond acceptors (Lipinski definition) is 9. The molecule has 0 N–H and O–H groups in total. The Bertz CT molecular complexity index is 2440. The van der Waals surface area contributed by atoms with Crippen LogP contribution in [0.1, 0.15) is 128 Å². The quantitative estimate of drug-likeness (QED) is 0.119. The molecule has 0 bridgehead atoms. The number of hydrogen-bond donors (Lipinski definition) is 0. The van der Waals surface area contributed by atoms with Crippen LogP contribution in [-0.2, 0) is 27.5 Å². The van der Waals surface area contributed by atoms with Gasteiger partial charge < -0.3 is 9.47 Å². The Morgan fingerprint density at radius 1 is 0.754 bits per heavy atom. The van der Waals surface area contributed by atoms with E-state index in [0.717, 1.165) is 56.3 Å². The second-order valence-corrected chi connectivity index (χ2v) is 20.6. The first kappa shape index (κ1) is 41.2. The third kappa shape index (κ3) is 6.31. The van der Waals surface area contributed by atoms with Gasteiger partial charge in [-0.05, 0) is 147 Å². The number of rotatable bonds is 9. The zero-order valence-corrected chi connectivity index (χ0v) is 36.7. The topological polar surface area (TPSA) is 145 Å². The van der Waals surface area contributed by atoms with Gasteiger partial charge in [-0.25, -0.2) is 9.36 Å². The van der Waals surface area contributed by atoms with Crippen molar-refractivity contribution >= 4 is 5.97 Å². The van der Waals surface area contributed by atoms with Gasteiger partial charge >= 0.3 is 5.97 Å². The SMILES string of the molecule is C=C(C)[C@@H]1CC[C@]2(C(=O)OCc3cn(-c4ccccc4C#N)nn3)CC[C@]3(C)[C@H](CC[C@@H]4[C@@]5(C)CC[C@H](OCc6cn(-c7ccccc7C#N)nn6)C(C)(C)[C@@H]5CC[C@]43C)[C@@H]12. The lowest BCUT2D eigenvalue weighted by atomic mass is 9.32. The number of esters is 1. The van der Waals surface area contributed by atoms with Crippen molar-refractivity contribution in [2.24, 2.45) is 56.7 Å². The van der Waals surface area contributed by atoms with Crippen molar-refractivity contribution in [1.29, 1.82) is 10.5 Å². The van der Waals surface area contributed by atoms with E-state index in [9.17, 15) is 15.3 Å². The predicted molar refractivity (Wildman–Crippen MR) is 229 cm³/mol. The molecule has 5 fully saturated rings. The maximum absolute atomic E-state index is 14.7. The van der Waals surface area contributed by atoms with Crippen molar-refractivity contribution in [3.05, 3.63) is 95.6 Å². The van der Waals surface area contributed by atoms with E-state index in [0.29, 0.717) is 52.8 Å². The summed E-state index contributed by atoms with van der Waals surface area (Å²) < 4.78 is 16.3. The van der Waals surface area contributed by atoms with Gasteiger partial charge in [-0.2, -0.15) is 10.5 Å². The van der Waals surface area contributed by atoms with Crippen LogP contribution in [0.3, 0.4) is 0 Å². The van der Waals surface area contributed by atoms with Crippen molar-refractivity contribution in [3.63, 3.8) is 0 Å². The minimum absolute atomic E-state index is 0.0259. The molecule has 0 amide bonds. The zero-order chi connectivity index (χ0) is 43.0. The number of para-hydroxylation sites is 2. The fourth-order valence-corrected chi connectivity index (χ4v) is 14.7. The number of ether oxygens (including phenoxy) is 2. The molecule has 61 heavy (non-hydrogen) atoms. The number of carbonyl (C=O) groups is 1. The minimum atomic E-state index is -0.538. The van der Waals surface area contributed by atoms with Gasteiger partial charge in [-0.3, -0.25) is 4.79 Å². The van der Waals surface area contributed by atoms with Crippen LogP contribution in [0.2, 0.25) is 0 Å². The molecule has 5 aliphatic carbocycles. The smallest absolute Gasteiger partial charge is 0.312 e. The summed E-state index contributed by atoms with van der Waals surface area (Å²) in [5, 5.41) is 36.6. The third-order valence-electron chi connectivity index (χ3n) is 17.8. The lowest BCUT2D eigenvalue weighted by Crippen LogP contribution is -2.67. The standard InChI is InChI=1S/C50H60N8O3/c1-32(2)37-18-23-50(45(59)61-31-36-29-58(56-54-36)40-15-11-9-13-34(40)27-52)25-24-48(6)38(44(37)50)16-17-42-47(5)21-20-43(46(3,4)41(47)19-22-49(42,48)7)60-30-35-28-57(55-53-35)39-14-10-8-12-33(39)26-51/h8-15,28-29,37-38,41-44H,1,16-25,30-31H2,2-7H3/t37-,38+,41-,42+,43-,44+,47-,48+,49+,50-/m0/s1. The molecule has 10 atom stereocenters. The number of nitrogens with zero attached hydrogens (tertiary/aromatic N) is 8. The molecule has 11 nitrogen and oxygen atoms in total. The average Bonchev–Trinajstić information content (AvgIpc) is 4.02. The van der Waals surface area contributed by atoms with Crippen LogP contribution in [0.15, 0.2) is 73.1 Å². The van der Waals surface area contributed by atoms with E-state index in [4.69, 9.17) is 9.47 Å². The van der Waals surface area contributed by atoms with Crippen LogP contribution in [0.5, 0.6) is 0 Å². The van der Waals surface area contributed by atoms with Crippen LogP contribution < -0.4 is 0 Å². The number of carbonyl (C=O) groups excluding carboxylic acids is 1. The van der Waals surface area contributed by atoms with Crippen LogP contribution >= 0.6 is 0 Å². The van der Waals surface area contributed by atoms with Crippen LogP contribution in [-0.4, -0.2) is 42.1 Å². The lowest BCUT2D eigenvalue weighted by molar-refractivity contribution is -0.253. The molecule has 2 heterocycles. The van der Waals surface area contributed by atoms with Gasteiger partial charge in [0.25, 0.3) is 0 Å². The van der Waals surface area contributed by atoms with Crippen LogP contribution in [0.25, 0.3) is 11.4 Å². The fraction of sp³-hybridized carbons (Fsp3) is 0.580. The van der Waals surface area contributed by atoms with Gasteiger partial charge in [0.2, 0.25) is 0 Å². The predicted octanol–water partition coefficient (Wildman–Crippen LogP) is 9.88. The Balaban J connectivity index is 0.915. The van der Waals surface area contributed by atoms with Gasteiger partial charge in [-0.15, -0.1) is 10.2 Å². The molecular weight excluding hydrogens is 761 g/mol. The fourth-order valence-electron chi connectivity index (χ4n) is 14.7. The summed E-state index contributed by atoms with van der Waals surface area (Å²) in [6, 6.07) is 19.2. The highest BCUT2D eigenvalue weighted by atomic mass is 16.5. The maximum atomic E-state index is 14.7. The maximum Gasteiger partial charge on any atom is 0.312 e. The first-order valence-corrected chi connectivity index (χ1v) is 22.5. The Labute approximate surface area is 360 Å². The molecule has 9 rings (SSSR count). The Morgan fingerprint density at radius 2 is 1.38 bits per heavy atom. The molecule has 0 unspecified atom stereocenters. The molecule has 2 aromatic heterocycles. The van der Waals surface area contributed by atoms with Gasteiger partial charge in [0.1, 0.15) is 30.1 Å². The highest BCUT2D eigenvalue weighted by molar-refractivity contribution is 5.78. The molecule has 0 saturated heterocycles. The number of benzene rings is 2. The van der Waals surface area contributed by atoms with Crippen molar-refractivity contribution in [1.82, 2.24) is 30.0 Å². The van der Waals surface area contributed by atoms with E-state index in [-0.39, 0.29) is 46.3 Å². The van der Waals surface area contributed by atoms with Crippen molar-refractivity contribution in [3.8, 4) is 23.5 Å². The number of nitriles is 2. The molecule has 2 aromatic carbocycles. The molecule has 5 aliphatic rings. The van der Waals surface area contributed by atoms with E-state index >= 15 is 0 Å². The molecule has 5 saturated carbocycles. The summed E-state index contributed by atoms with van der Waals surface area (Å²) in [6.45, 7) is 19.9.